The number of likely N-dealkylation sites (N-methyl/N-ethyl adjacent to an activating group) is 1. The van der Waals surface area contributed by atoms with Gasteiger partial charge in [0.2, 0.25) is 0 Å². The summed E-state index contributed by atoms with van der Waals surface area (Å²) in [7, 11) is 4.88. The lowest BCUT2D eigenvalue weighted by molar-refractivity contribution is 0.0597. The van der Waals surface area contributed by atoms with Crippen molar-refractivity contribution in [3.63, 3.8) is 0 Å². The minimum Gasteiger partial charge on any atom is -0.496 e. The molecule has 0 saturated carbocycles. The van der Waals surface area contributed by atoms with Crippen LogP contribution in [0.15, 0.2) is 23.2 Å². The van der Waals surface area contributed by atoms with Gasteiger partial charge in [-0.05, 0) is 17.7 Å². The van der Waals surface area contributed by atoms with Crippen LogP contribution in [0.25, 0.3) is 0 Å². The molecule has 0 amide bonds. The van der Waals surface area contributed by atoms with Gasteiger partial charge < -0.3 is 19.7 Å². The van der Waals surface area contributed by atoms with Crippen LogP contribution >= 0.6 is 0 Å². The van der Waals surface area contributed by atoms with E-state index in [1.165, 1.54) is 14.2 Å². The van der Waals surface area contributed by atoms with Crippen molar-refractivity contribution in [3.05, 3.63) is 29.3 Å². The molecule has 0 aromatic heterocycles. The topological polar surface area (TPSA) is 63.2 Å². The molecule has 1 N–H and O–H groups in total. The summed E-state index contributed by atoms with van der Waals surface area (Å²) in [5.74, 6) is 0.982. The highest BCUT2D eigenvalue weighted by Crippen LogP contribution is 2.20. The number of carbonyl (C=O) groups excluding carboxylic acids is 1. The number of hydrogen-bond acceptors (Lipinski definition) is 6. The van der Waals surface area contributed by atoms with Crippen LogP contribution in [0, 0.1) is 0 Å². The van der Waals surface area contributed by atoms with E-state index in [4.69, 9.17) is 9.47 Å². The molecule has 1 aliphatic heterocycles. The first-order chi connectivity index (χ1) is 9.65. The molecule has 0 bridgehead atoms. The number of esters is 1. The van der Waals surface area contributed by atoms with Crippen molar-refractivity contribution >= 4 is 11.9 Å². The molecule has 6 heteroatoms. The van der Waals surface area contributed by atoms with E-state index in [2.05, 4.69) is 15.2 Å². The van der Waals surface area contributed by atoms with Gasteiger partial charge in [0.15, 0.2) is 5.96 Å². The molecule has 6 nitrogen and oxygen atoms in total. The molecule has 0 spiro atoms. The predicted molar refractivity (Wildman–Crippen MR) is 76.1 cm³/mol. The molecule has 0 saturated heterocycles. The number of nitrogens with one attached hydrogen (secondary N) is 1. The van der Waals surface area contributed by atoms with Gasteiger partial charge in [-0.2, -0.15) is 0 Å². The first-order valence-electron chi connectivity index (χ1n) is 6.40. The number of rotatable bonds is 4. The third kappa shape index (κ3) is 3.01. The highest BCUT2D eigenvalue weighted by atomic mass is 16.5. The molecule has 0 fully saturated rings. The highest BCUT2D eigenvalue weighted by Gasteiger charge is 2.15. The smallest absolute Gasteiger partial charge is 0.341 e. The molecule has 1 aromatic rings. The third-order valence-corrected chi connectivity index (χ3v) is 3.18. The van der Waals surface area contributed by atoms with E-state index in [-0.39, 0.29) is 0 Å². The first kappa shape index (κ1) is 14.2. The summed E-state index contributed by atoms with van der Waals surface area (Å²) in [4.78, 5) is 18.1. The Morgan fingerprint density at radius 1 is 1.45 bits per heavy atom. The zero-order chi connectivity index (χ0) is 14.5. The third-order valence-electron chi connectivity index (χ3n) is 3.18. The van der Waals surface area contributed by atoms with Crippen LogP contribution in [-0.2, 0) is 11.3 Å². The lowest BCUT2D eigenvalue weighted by Gasteiger charge is -2.16. The van der Waals surface area contributed by atoms with E-state index >= 15 is 0 Å². The molecule has 108 valence electrons. The normalized spacial score (nSPS) is 13.9. The summed E-state index contributed by atoms with van der Waals surface area (Å²) in [6.45, 7) is 2.34. The average Bonchev–Trinajstić information content (AvgIpc) is 2.89. The van der Waals surface area contributed by atoms with Crippen LogP contribution in [-0.4, -0.2) is 51.2 Å². The van der Waals surface area contributed by atoms with Crippen LogP contribution in [0.4, 0.5) is 0 Å². The van der Waals surface area contributed by atoms with Crippen LogP contribution in [0.3, 0.4) is 0 Å². The second kappa shape index (κ2) is 6.27. The molecule has 1 aromatic carbocycles. The van der Waals surface area contributed by atoms with Gasteiger partial charge in [0.05, 0.1) is 20.8 Å². The first-order valence-corrected chi connectivity index (χ1v) is 6.40. The van der Waals surface area contributed by atoms with Gasteiger partial charge >= 0.3 is 5.97 Å². The molecule has 2 rings (SSSR count). The number of carbonyl (C=O) groups is 1. The molecular weight excluding hydrogens is 258 g/mol. The van der Waals surface area contributed by atoms with Crippen LogP contribution in [0.2, 0.25) is 0 Å². The molecule has 20 heavy (non-hydrogen) atoms. The van der Waals surface area contributed by atoms with Crippen molar-refractivity contribution in [1.29, 1.82) is 0 Å². The number of hydrogen-bond donors (Lipinski definition) is 1. The maximum absolute atomic E-state index is 11.7. The number of guanidine groups is 1. The summed E-state index contributed by atoms with van der Waals surface area (Å²) in [5.41, 5.74) is 1.39. The Hall–Kier alpha value is -2.24. The van der Waals surface area contributed by atoms with Crippen molar-refractivity contribution in [2.24, 2.45) is 4.99 Å². The van der Waals surface area contributed by atoms with Crippen LogP contribution < -0.4 is 10.1 Å². The second-order valence-corrected chi connectivity index (χ2v) is 4.51. The molecule has 0 unspecified atom stereocenters. The van der Waals surface area contributed by atoms with Crippen molar-refractivity contribution in [2.75, 3.05) is 34.4 Å². The summed E-state index contributed by atoms with van der Waals surface area (Å²) in [6.07, 6.45) is 0. The molecule has 0 aliphatic carbocycles. The molecule has 1 heterocycles. The van der Waals surface area contributed by atoms with Gasteiger partial charge in [0.25, 0.3) is 0 Å². The Kier molecular flexibility index (Phi) is 4.45. The maximum atomic E-state index is 11.7. The number of ether oxygens (including phenoxy) is 2. The van der Waals surface area contributed by atoms with Crippen molar-refractivity contribution in [1.82, 2.24) is 10.2 Å². The quantitative estimate of drug-likeness (QED) is 0.828. The van der Waals surface area contributed by atoms with Gasteiger partial charge in [0.1, 0.15) is 11.3 Å². The largest absolute Gasteiger partial charge is 0.496 e. The number of aliphatic imine (C=N–C) groups is 1. The molecule has 0 atom stereocenters. The predicted octanol–water partition coefficient (Wildman–Crippen LogP) is 0.873. The lowest BCUT2D eigenvalue weighted by atomic mass is 10.1. The fourth-order valence-electron chi connectivity index (χ4n) is 2.04. The Morgan fingerprint density at radius 3 is 2.85 bits per heavy atom. The standard InChI is InChI=1S/C14H19N3O3/c1-17-7-6-15-14(17)16-9-10-4-5-12(19-2)11(8-10)13(18)20-3/h4-5,8H,6-7,9H2,1-3H3,(H,15,16). The summed E-state index contributed by atoms with van der Waals surface area (Å²) < 4.78 is 9.92. The Labute approximate surface area is 118 Å². The monoisotopic (exact) mass is 277 g/mol. The molecular formula is C14H19N3O3. The van der Waals surface area contributed by atoms with Crippen molar-refractivity contribution in [3.8, 4) is 5.75 Å². The Bertz CT molecular complexity index is 528. The average molecular weight is 277 g/mol. The van der Waals surface area contributed by atoms with Gasteiger partial charge in [0, 0.05) is 20.1 Å². The van der Waals surface area contributed by atoms with Gasteiger partial charge in [-0.25, -0.2) is 4.79 Å². The summed E-state index contributed by atoms with van der Waals surface area (Å²) in [5, 5.41) is 3.25. The minimum atomic E-state index is -0.404. The fourth-order valence-corrected chi connectivity index (χ4v) is 2.04. The maximum Gasteiger partial charge on any atom is 0.341 e. The zero-order valence-electron chi connectivity index (χ0n) is 12.0. The van der Waals surface area contributed by atoms with E-state index in [1.807, 2.05) is 13.1 Å². The summed E-state index contributed by atoms with van der Waals surface area (Å²) >= 11 is 0. The van der Waals surface area contributed by atoms with Crippen molar-refractivity contribution in [2.45, 2.75) is 6.54 Å². The fraction of sp³-hybridized carbons (Fsp3) is 0.429. The minimum absolute atomic E-state index is 0.404. The van der Waals surface area contributed by atoms with Gasteiger partial charge in [-0.1, -0.05) is 6.07 Å². The van der Waals surface area contributed by atoms with Gasteiger partial charge in [-0.3, -0.25) is 4.99 Å². The van der Waals surface area contributed by atoms with E-state index in [9.17, 15) is 4.79 Å². The van der Waals surface area contributed by atoms with Crippen molar-refractivity contribution < 1.29 is 14.3 Å². The van der Waals surface area contributed by atoms with E-state index in [0.29, 0.717) is 17.9 Å². The van der Waals surface area contributed by atoms with Crippen LogP contribution in [0.5, 0.6) is 5.75 Å². The van der Waals surface area contributed by atoms with Gasteiger partial charge in [-0.15, -0.1) is 0 Å². The van der Waals surface area contributed by atoms with Crippen LogP contribution in [0.1, 0.15) is 15.9 Å². The lowest BCUT2D eigenvalue weighted by Crippen LogP contribution is -2.35. The van der Waals surface area contributed by atoms with E-state index < -0.39 is 5.97 Å². The molecule has 1 aliphatic rings. The zero-order valence-corrected chi connectivity index (χ0v) is 12.0. The summed E-state index contributed by atoms with van der Waals surface area (Å²) in [6, 6.07) is 5.45. The number of methoxy groups -OCH3 is 2. The van der Waals surface area contributed by atoms with E-state index in [1.54, 1.807) is 12.1 Å². The SMILES string of the molecule is COC(=O)c1cc(CNC2=NCCN2C)ccc1OC. The van der Waals surface area contributed by atoms with E-state index in [0.717, 1.165) is 24.6 Å². The number of benzene rings is 1. The second-order valence-electron chi connectivity index (χ2n) is 4.51. The highest BCUT2D eigenvalue weighted by molar-refractivity contribution is 5.92. The molecule has 0 radical (unpaired) electrons. The Balaban J connectivity index is 2.10. The number of nitrogens with zero attached hydrogens (tertiary/aromatic N) is 2. The Morgan fingerprint density at radius 2 is 2.25 bits per heavy atom.